The molecule has 1 heterocycles. The van der Waals surface area contributed by atoms with E-state index in [4.69, 9.17) is 10.2 Å². The van der Waals surface area contributed by atoms with E-state index in [2.05, 4.69) is 68.4 Å². The molecule has 1 aliphatic carbocycles. The fourth-order valence-corrected chi connectivity index (χ4v) is 4.73. The Hall–Kier alpha value is -2.10. The summed E-state index contributed by atoms with van der Waals surface area (Å²) in [5.41, 5.74) is 3.35. The lowest BCUT2D eigenvalue weighted by Crippen LogP contribution is -2.41. The van der Waals surface area contributed by atoms with Gasteiger partial charge in [0.05, 0.1) is 0 Å². The molecule has 158 valence electrons. The molecular formula is C25H37N3O. The molecule has 1 N–H and O–H groups in total. The van der Waals surface area contributed by atoms with Crippen LogP contribution in [-0.4, -0.2) is 20.1 Å². The number of nitrogens with zero attached hydrogens (tertiary/aromatic N) is 3. The highest BCUT2D eigenvalue weighted by atomic mass is 16.3. The Morgan fingerprint density at radius 1 is 0.966 bits per heavy atom. The average Bonchev–Trinajstić information content (AvgIpc) is 2.98. The number of fused-ring (bicyclic) bond motifs is 1. The van der Waals surface area contributed by atoms with Crippen LogP contribution in [0.25, 0.3) is 11.0 Å². The molecule has 3 rings (SSSR count). The van der Waals surface area contributed by atoms with Gasteiger partial charge in [-0.1, -0.05) is 79.2 Å². The van der Waals surface area contributed by atoms with E-state index in [9.17, 15) is 5.11 Å². The molecular weight excluding hydrogens is 358 g/mol. The summed E-state index contributed by atoms with van der Waals surface area (Å²) in [5, 5.41) is 21.0. The largest absolute Gasteiger partial charge is 0.509 e. The van der Waals surface area contributed by atoms with Gasteiger partial charge in [-0.2, -0.15) is 15.0 Å². The van der Waals surface area contributed by atoms with Gasteiger partial charge in [-0.25, -0.2) is 0 Å². The van der Waals surface area contributed by atoms with E-state index in [1.54, 1.807) is 4.80 Å². The number of allylic oxidation sites excluding steroid dienone is 4. The summed E-state index contributed by atoms with van der Waals surface area (Å²) in [5.74, 6) is 0.376. The number of benzene rings is 1. The van der Waals surface area contributed by atoms with E-state index in [0.29, 0.717) is 12.2 Å². The van der Waals surface area contributed by atoms with Crippen LogP contribution in [0.4, 0.5) is 0 Å². The first-order valence-electron chi connectivity index (χ1n) is 10.6. The summed E-state index contributed by atoms with van der Waals surface area (Å²) < 4.78 is 0. The molecule has 0 fully saturated rings. The molecule has 1 aromatic carbocycles. The molecule has 29 heavy (non-hydrogen) atoms. The highest BCUT2D eigenvalue weighted by Crippen LogP contribution is 2.50. The lowest BCUT2D eigenvalue weighted by Gasteiger charge is -2.43. The minimum atomic E-state index is -0.707. The molecule has 0 saturated carbocycles. The highest BCUT2D eigenvalue weighted by molar-refractivity contribution is 5.73. The van der Waals surface area contributed by atoms with E-state index in [1.165, 1.54) is 5.57 Å². The predicted molar refractivity (Wildman–Crippen MR) is 121 cm³/mol. The molecule has 1 aromatic heterocycles. The maximum absolute atomic E-state index is 11.5. The number of hydrogen-bond donors (Lipinski definition) is 1. The second-order valence-electron chi connectivity index (χ2n) is 11.7. The number of hydrogen-bond acceptors (Lipinski definition) is 3. The zero-order valence-electron chi connectivity index (χ0n) is 19.6. The summed E-state index contributed by atoms with van der Waals surface area (Å²) in [6.45, 7) is 20.0. The Morgan fingerprint density at radius 3 is 1.93 bits per heavy atom. The maximum Gasteiger partial charge on any atom is 0.140 e. The second kappa shape index (κ2) is 6.72. The smallest absolute Gasteiger partial charge is 0.140 e. The fourth-order valence-electron chi connectivity index (χ4n) is 4.73. The lowest BCUT2D eigenvalue weighted by atomic mass is 9.65. The first-order valence-corrected chi connectivity index (χ1v) is 10.6. The topological polar surface area (TPSA) is 50.9 Å². The van der Waals surface area contributed by atoms with Crippen LogP contribution in [0.15, 0.2) is 47.2 Å². The SMILES string of the molecule is CC(C)(C)CC(C)(C)C1=CC(C(C)(C)C)=C(O)C(C)(n2nc3ccccc3n2)C1. The van der Waals surface area contributed by atoms with Crippen LogP contribution in [0.3, 0.4) is 0 Å². The van der Waals surface area contributed by atoms with Crippen LogP contribution in [0.1, 0.15) is 75.2 Å². The Morgan fingerprint density at radius 2 is 1.48 bits per heavy atom. The zero-order chi connectivity index (χ0) is 21.8. The van der Waals surface area contributed by atoms with Crippen LogP contribution in [0.5, 0.6) is 0 Å². The Balaban J connectivity index is 2.18. The minimum Gasteiger partial charge on any atom is -0.509 e. The normalized spacial score (nSPS) is 21.6. The van der Waals surface area contributed by atoms with Gasteiger partial charge in [0.1, 0.15) is 22.3 Å². The minimum absolute atomic E-state index is 0.00326. The first-order chi connectivity index (χ1) is 13.1. The van der Waals surface area contributed by atoms with Gasteiger partial charge in [-0.05, 0) is 47.3 Å². The van der Waals surface area contributed by atoms with Gasteiger partial charge in [-0.15, -0.1) is 0 Å². The zero-order valence-corrected chi connectivity index (χ0v) is 19.6. The van der Waals surface area contributed by atoms with Gasteiger partial charge in [0.2, 0.25) is 0 Å². The number of aliphatic hydroxyl groups excluding tert-OH is 1. The standard InChI is InChI=1S/C25H37N3O/c1-22(2,3)16-24(7,8)17-14-18(23(4,5)6)21(29)25(9,15-17)28-26-19-12-10-11-13-20(19)27-28/h10-14,29H,15-16H2,1-9H3. The van der Waals surface area contributed by atoms with E-state index in [0.717, 1.165) is 23.0 Å². The Bertz CT molecular complexity index is 946. The van der Waals surface area contributed by atoms with E-state index >= 15 is 0 Å². The quantitative estimate of drug-likeness (QED) is 0.622. The van der Waals surface area contributed by atoms with Crippen molar-refractivity contribution in [1.82, 2.24) is 15.0 Å². The third-order valence-corrected chi connectivity index (χ3v) is 6.00. The molecule has 4 nitrogen and oxygen atoms in total. The molecule has 0 radical (unpaired) electrons. The van der Waals surface area contributed by atoms with E-state index in [-0.39, 0.29) is 16.2 Å². The van der Waals surface area contributed by atoms with Crippen molar-refractivity contribution in [3.05, 3.63) is 47.2 Å². The van der Waals surface area contributed by atoms with Gasteiger partial charge in [0, 0.05) is 6.42 Å². The van der Waals surface area contributed by atoms with Crippen molar-refractivity contribution in [2.75, 3.05) is 0 Å². The van der Waals surface area contributed by atoms with Gasteiger partial charge in [0.15, 0.2) is 0 Å². The van der Waals surface area contributed by atoms with Crippen LogP contribution in [0.2, 0.25) is 0 Å². The molecule has 0 aliphatic heterocycles. The molecule has 0 amide bonds. The van der Waals surface area contributed by atoms with Gasteiger partial charge in [-0.3, -0.25) is 0 Å². The Kier molecular flexibility index (Phi) is 5.00. The molecule has 4 heteroatoms. The van der Waals surface area contributed by atoms with Gasteiger partial charge in [0.25, 0.3) is 0 Å². The molecule has 0 saturated heterocycles. The summed E-state index contributed by atoms with van der Waals surface area (Å²) >= 11 is 0. The summed E-state index contributed by atoms with van der Waals surface area (Å²) in [4.78, 5) is 1.74. The number of aromatic nitrogens is 3. The maximum atomic E-state index is 11.5. The second-order valence-corrected chi connectivity index (χ2v) is 11.7. The van der Waals surface area contributed by atoms with Gasteiger partial charge >= 0.3 is 0 Å². The molecule has 0 spiro atoms. The van der Waals surface area contributed by atoms with Crippen LogP contribution >= 0.6 is 0 Å². The summed E-state index contributed by atoms with van der Waals surface area (Å²) in [6, 6.07) is 7.88. The number of rotatable bonds is 3. The van der Waals surface area contributed by atoms with Crippen molar-refractivity contribution in [2.45, 2.75) is 80.7 Å². The predicted octanol–water partition coefficient (Wildman–Crippen LogP) is 6.80. The van der Waals surface area contributed by atoms with Crippen LogP contribution in [0, 0.1) is 16.2 Å². The highest BCUT2D eigenvalue weighted by Gasteiger charge is 2.45. The third kappa shape index (κ3) is 4.12. The van der Waals surface area contributed by atoms with Crippen molar-refractivity contribution in [1.29, 1.82) is 0 Å². The Labute approximate surface area is 175 Å². The molecule has 1 unspecified atom stereocenters. The van der Waals surface area contributed by atoms with Crippen molar-refractivity contribution < 1.29 is 5.11 Å². The van der Waals surface area contributed by atoms with E-state index < -0.39 is 5.54 Å². The fraction of sp³-hybridized carbons (Fsp3) is 0.600. The van der Waals surface area contributed by atoms with Crippen LogP contribution in [-0.2, 0) is 5.54 Å². The van der Waals surface area contributed by atoms with Crippen molar-refractivity contribution >= 4 is 11.0 Å². The molecule has 2 aromatic rings. The molecule has 1 atom stereocenters. The number of aliphatic hydroxyl groups is 1. The van der Waals surface area contributed by atoms with Gasteiger partial charge < -0.3 is 5.11 Å². The van der Waals surface area contributed by atoms with Crippen LogP contribution < -0.4 is 0 Å². The lowest BCUT2D eigenvalue weighted by molar-refractivity contribution is 0.165. The third-order valence-electron chi connectivity index (χ3n) is 6.00. The molecule has 1 aliphatic rings. The first kappa shape index (κ1) is 21.6. The van der Waals surface area contributed by atoms with E-state index in [1.807, 2.05) is 24.3 Å². The summed E-state index contributed by atoms with van der Waals surface area (Å²) in [7, 11) is 0. The average molecular weight is 396 g/mol. The molecule has 0 bridgehead atoms. The van der Waals surface area contributed by atoms with Crippen molar-refractivity contribution in [3.8, 4) is 0 Å². The summed E-state index contributed by atoms with van der Waals surface area (Å²) in [6.07, 6.45) is 4.00. The van der Waals surface area contributed by atoms with Crippen molar-refractivity contribution in [3.63, 3.8) is 0 Å². The monoisotopic (exact) mass is 395 g/mol. The van der Waals surface area contributed by atoms with Crippen molar-refractivity contribution in [2.24, 2.45) is 16.2 Å².